The SMILES string of the molecule is Cc1c(-c2ccccc2)nc2ccc(Br)cc2c1C(=O)NC12CC[P+](C(=O)O)(CC1)C/C2=N\OC1CCC12CCC2. The minimum Gasteiger partial charge on any atom is -0.452 e. The molecule has 2 saturated carbocycles. The van der Waals surface area contributed by atoms with E-state index in [0.29, 0.717) is 36.9 Å². The van der Waals surface area contributed by atoms with Gasteiger partial charge >= 0.3 is 5.71 Å². The average Bonchev–Trinajstić information content (AvgIpc) is 2.92. The van der Waals surface area contributed by atoms with E-state index in [4.69, 9.17) is 15.0 Å². The number of hydrogen-bond acceptors (Lipinski definition) is 5. The Balaban J connectivity index is 1.27. The smallest absolute Gasteiger partial charge is 0.448 e. The number of oxime groups is 1. The number of carbonyl (C=O) groups is 2. The van der Waals surface area contributed by atoms with Gasteiger partial charge < -0.3 is 15.3 Å². The number of carbonyl (C=O) groups excluding carboxylic acids is 1. The number of nitrogens with zero attached hydrogens (tertiary/aromatic N) is 2. The normalized spacial score (nSPS) is 28.7. The molecule has 2 bridgehead atoms. The van der Waals surface area contributed by atoms with Crippen molar-refractivity contribution in [1.82, 2.24) is 10.3 Å². The van der Waals surface area contributed by atoms with Gasteiger partial charge in [0.05, 0.1) is 34.6 Å². The van der Waals surface area contributed by atoms with Gasteiger partial charge in [0.25, 0.3) is 5.91 Å². The van der Waals surface area contributed by atoms with Crippen molar-refractivity contribution in [3.8, 4) is 11.3 Å². The number of benzene rings is 2. The van der Waals surface area contributed by atoms with Gasteiger partial charge in [-0.05, 0) is 56.4 Å². The Morgan fingerprint density at radius 2 is 1.85 bits per heavy atom. The van der Waals surface area contributed by atoms with Crippen molar-refractivity contribution in [2.45, 2.75) is 63.5 Å². The summed E-state index contributed by atoms with van der Waals surface area (Å²) in [6.07, 6.45) is 8.70. The molecule has 2 N–H and O–H groups in total. The van der Waals surface area contributed by atoms with Crippen molar-refractivity contribution in [3.05, 3.63) is 64.1 Å². The molecule has 1 aromatic heterocycles. The van der Waals surface area contributed by atoms with Crippen LogP contribution in [0.5, 0.6) is 0 Å². The Hall–Kier alpha value is -2.83. The quantitative estimate of drug-likeness (QED) is 0.214. The van der Waals surface area contributed by atoms with Gasteiger partial charge in [-0.3, -0.25) is 4.79 Å². The highest BCUT2D eigenvalue weighted by Crippen LogP contribution is 2.68. The number of aromatic nitrogens is 1. The molecule has 1 amide bonds. The summed E-state index contributed by atoms with van der Waals surface area (Å²) >= 11 is 3.58. The lowest BCUT2D eigenvalue weighted by Crippen LogP contribution is -2.63. The van der Waals surface area contributed by atoms with Crippen LogP contribution in [0.2, 0.25) is 0 Å². The van der Waals surface area contributed by atoms with Gasteiger partial charge in [-0.2, -0.15) is 0 Å². The summed E-state index contributed by atoms with van der Waals surface area (Å²) in [4.78, 5) is 38.0. The first kappa shape index (κ1) is 27.0. The zero-order valence-electron chi connectivity index (χ0n) is 23.2. The molecule has 7 nitrogen and oxygen atoms in total. The van der Waals surface area contributed by atoms with Crippen LogP contribution >= 0.6 is 23.2 Å². The summed E-state index contributed by atoms with van der Waals surface area (Å²) in [5.74, 6) is -0.181. The molecule has 3 aliphatic heterocycles. The van der Waals surface area contributed by atoms with Crippen LogP contribution in [0, 0.1) is 12.3 Å². The molecule has 8 rings (SSSR count). The van der Waals surface area contributed by atoms with Crippen molar-refractivity contribution in [2.75, 3.05) is 18.5 Å². The predicted octanol–water partition coefficient (Wildman–Crippen LogP) is 7.65. The Kier molecular flexibility index (Phi) is 6.51. The van der Waals surface area contributed by atoms with Gasteiger partial charge in [-0.1, -0.05) is 57.8 Å². The van der Waals surface area contributed by atoms with Gasteiger partial charge in [0.1, 0.15) is 25.2 Å². The summed E-state index contributed by atoms with van der Waals surface area (Å²) in [6.45, 7) is 1.96. The lowest BCUT2D eigenvalue weighted by Gasteiger charge is -2.54. The topological polar surface area (TPSA) is 101 Å². The van der Waals surface area contributed by atoms with Crippen LogP contribution in [0.3, 0.4) is 0 Å². The Morgan fingerprint density at radius 1 is 1.10 bits per heavy atom. The summed E-state index contributed by atoms with van der Waals surface area (Å²) in [6, 6.07) is 15.8. The van der Waals surface area contributed by atoms with E-state index in [1.54, 1.807) is 0 Å². The molecular weight excluding hydrogens is 601 g/mol. The predicted molar refractivity (Wildman–Crippen MR) is 166 cm³/mol. The number of pyridine rings is 1. The molecule has 9 heteroatoms. The summed E-state index contributed by atoms with van der Waals surface area (Å²) in [5.41, 5.74) is 3.50. The Bertz CT molecular complexity index is 1590. The molecule has 1 unspecified atom stereocenters. The molecule has 1 atom stereocenters. The second kappa shape index (κ2) is 9.88. The van der Waals surface area contributed by atoms with Crippen LogP contribution in [-0.2, 0) is 4.84 Å². The van der Waals surface area contributed by atoms with Crippen LogP contribution in [-0.4, -0.2) is 57.5 Å². The standard InChI is InChI=1S/C32H33BrN3O4P/c1-20-27(23-18-22(33)8-9-24(23)34-28(20)21-6-3-2-4-7-21)29(37)35-32-14-16-41(17-15-32,30(38)39)19-25(32)36-40-26-10-13-31(26)11-5-12-31/h2-4,6-9,18,26H,5,10-17,19H2,1H3,(H-,35,37,38,39)/p+1/b36-25+. The molecule has 5 aliphatic rings. The zero-order chi connectivity index (χ0) is 28.4. The highest BCUT2D eigenvalue weighted by molar-refractivity contribution is 9.10. The second-order valence-corrected chi connectivity index (χ2v) is 17.2. The van der Waals surface area contributed by atoms with Gasteiger partial charge in [0.2, 0.25) is 0 Å². The van der Waals surface area contributed by atoms with Crippen LogP contribution in [0.25, 0.3) is 22.2 Å². The van der Waals surface area contributed by atoms with Crippen LogP contribution in [0.1, 0.15) is 60.9 Å². The van der Waals surface area contributed by atoms with E-state index in [1.165, 1.54) is 25.7 Å². The first-order valence-corrected chi connectivity index (χ1v) is 17.7. The third-order valence-electron chi connectivity index (χ3n) is 10.4. The molecule has 2 aromatic carbocycles. The molecule has 5 fully saturated rings. The average molecular weight is 636 g/mol. The Morgan fingerprint density at radius 3 is 2.49 bits per heavy atom. The van der Waals surface area contributed by atoms with Crippen LogP contribution in [0.15, 0.2) is 58.2 Å². The van der Waals surface area contributed by atoms with Crippen molar-refractivity contribution in [2.24, 2.45) is 10.6 Å². The molecule has 41 heavy (non-hydrogen) atoms. The number of amides is 1. The van der Waals surface area contributed by atoms with E-state index in [9.17, 15) is 14.7 Å². The molecule has 2 aliphatic carbocycles. The fourth-order valence-corrected chi connectivity index (χ4v) is 11.4. The number of halogens is 1. The number of nitrogens with one attached hydrogen (secondary N) is 1. The van der Waals surface area contributed by atoms with Crippen molar-refractivity contribution in [3.63, 3.8) is 0 Å². The number of fused-ring (bicyclic) bond motifs is 4. The Labute approximate surface area is 248 Å². The van der Waals surface area contributed by atoms with Gasteiger partial charge in [0, 0.05) is 33.7 Å². The summed E-state index contributed by atoms with van der Waals surface area (Å²) in [7, 11) is -2.23. The highest BCUT2D eigenvalue weighted by Gasteiger charge is 2.63. The van der Waals surface area contributed by atoms with Gasteiger partial charge in [0.15, 0.2) is 0 Å². The molecule has 0 radical (unpaired) electrons. The zero-order valence-corrected chi connectivity index (χ0v) is 25.6. The monoisotopic (exact) mass is 634 g/mol. The van der Waals surface area contributed by atoms with E-state index < -0.39 is 18.5 Å². The molecule has 4 heterocycles. The van der Waals surface area contributed by atoms with Crippen molar-refractivity contribution in [1.29, 1.82) is 0 Å². The van der Waals surface area contributed by atoms with Crippen molar-refractivity contribution < 1.29 is 19.5 Å². The maximum absolute atomic E-state index is 14.4. The van der Waals surface area contributed by atoms with E-state index >= 15 is 0 Å². The van der Waals surface area contributed by atoms with Crippen LogP contribution in [0.4, 0.5) is 4.79 Å². The molecule has 3 saturated heterocycles. The van der Waals surface area contributed by atoms with Crippen LogP contribution < -0.4 is 5.32 Å². The molecular formula is C32H34BrN3O4P+. The lowest BCUT2D eigenvalue weighted by molar-refractivity contribution is -0.151. The highest BCUT2D eigenvalue weighted by atomic mass is 79.9. The third-order valence-corrected chi connectivity index (χ3v) is 14.8. The van der Waals surface area contributed by atoms with E-state index in [2.05, 4.69) is 21.2 Å². The van der Waals surface area contributed by atoms with E-state index in [-0.39, 0.29) is 17.4 Å². The fourth-order valence-electron chi connectivity index (χ4n) is 7.45. The van der Waals surface area contributed by atoms with E-state index in [0.717, 1.165) is 44.3 Å². The summed E-state index contributed by atoms with van der Waals surface area (Å²) in [5, 5.41) is 19.1. The first-order chi connectivity index (χ1) is 19.7. The second-order valence-electron chi connectivity index (χ2n) is 12.4. The minimum atomic E-state index is -2.23. The summed E-state index contributed by atoms with van der Waals surface area (Å²) < 4.78 is 0.873. The molecule has 212 valence electrons. The third kappa shape index (κ3) is 4.32. The van der Waals surface area contributed by atoms with Gasteiger partial charge in [-0.15, -0.1) is 0 Å². The maximum Gasteiger partial charge on any atom is 0.448 e. The lowest BCUT2D eigenvalue weighted by atomic mass is 9.54. The first-order valence-electron chi connectivity index (χ1n) is 14.5. The van der Waals surface area contributed by atoms with E-state index in [1.807, 2.05) is 55.5 Å². The molecule has 3 aromatic rings. The number of rotatable bonds is 6. The minimum absolute atomic E-state index is 0.105. The largest absolute Gasteiger partial charge is 0.452 e. The van der Waals surface area contributed by atoms with Gasteiger partial charge in [-0.25, -0.2) is 9.78 Å². The fraction of sp³-hybridized carbons (Fsp3) is 0.438. The maximum atomic E-state index is 14.4. The molecule has 1 spiro atoms. The van der Waals surface area contributed by atoms with Crippen molar-refractivity contribution >= 4 is 51.4 Å². The number of carboxylic acid groups (broad SMARTS) is 1. The number of hydrogen-bond donors (Lipinski definition) is 2.